The van der Waals surface area contributed by atoms with Crippen molar-refractivity contribution in [3.05, 3.63) is 56.8 Å². The molecule has 2 amide bonds. The van der Waals surface area contributed by atoms with Crippen molar-refractivity contribution in [2.45, 2.75) is 38.9 Å². The van der Waals surface area contributed by atoms with Gasteiger partial charge >= 0.3 is 6.18 Å². The number of hydrogen-bond donors (Lipinski definition) is 3. The number of alkyl halides is 3. The molecule has 0 aliphatic heterocycles. The highest BCUT2D eigenvalue weighted by Gasteiger charge is 2.35. The van der Waals surface area contributed by atoms with Crippen molar-refractivity contribution in [2.75, 3.05) is 5.32 Å². The third kappa shape index (κ3) is 4.61. The van der Waals surface area contributed by atoms with Crippen LogP contribution in [0.1, 0.15) is 54.3 Å². The second kappa shape index (κ2) is 8.88. The number of carbonyl (C=O) groups is 2. The molecule has 3 rings (SSSR count). The van der Waals surface area contributed by atoms with Gasteiger partial charge in [-0.25, -0.2) is 4.98 Å². The fraction of sp³-hybridized carbons (Fsp3) is 0.300. The van der Waals surface area contributed by atoms with Crippen LogP contribution in [0.3, 0.4) is 0 Å². The van der Waals surface area contributed by atoms with Crippen LogP contribution in [0.2, 0.25) is 0 Å². The Hall–Kier alpha value is -3.21. The monoisotopic (exact) mass is 452 g/mol. The van der Waals surface area contributed by atoms with Crippen molar-refractivity contribution in [1.82, 2.24) is 15.3 Å². The maximum atomic E-state index is 13.6. The third-order valence-electron chi connectivity index (χ3n) is 4.66. The summed E-state index contributed by atoms with van der Waals surface area (Å²) < 4.78 is 40.7. The number of pyridine rings is 1. The minimum atomic E-state index is -4.72. The Morgan fingerprint density at radius 2 is 2.00 bits per heavy atom. The first-order chi connectivity index (χ1) is 14.7. The van der Waals surface area contributed by atoms with Gasteiger partial charge in [-0.05, 0) is 18.6 Å². The second-order valence-corrected chi connectivity index (χ2v) is 7.54. The number of fused-ring (bicyclic) bond motifs is 1. The van der Waals surface area contributed by atoms with Gasteiger partial charge in [0.2, 0.25) is 11.3 Å². The number of nitrogens with one attached hydrogen (secondary N) is 3. The van der Waals surface area contributed by atoms with Gasteiger partial charge in [-0.2, -0.15) is 13.2 Å². The van der Waals surface area contributed by atoms with E-state index in [4.69, 9.17) is 0 Å². The molecule has 2 aromatic heterocycles. The third-order valence-corrected chi connectivity index (χ3v) is 5.35. The number of aromatic nitrogens is 2. The molecule has 0 saturated carbocycles. The lowest BCUT2D eigenvalue weighted by atomic mass is 9.99. The number of carbonyl (C=O) groups excluding carboxylic acids is 2. The maximum absolute atomic E-state index is 13.6. The fourth-order valence-electron chi connectivity index (χ4n) is 3.17. The number of halogens is 3. The van der Waals surface area contributed by atoms with Crippen LogP contribution in [0, 0.1) is 0 Å². The summed E-state index contributed by atoms with van der Waals surface area (Å²) in [5.41, 5.74) is -2.80. The lowest BCUT2D eigenvalue weighted by Gasteiger charge is -2.21. The number of amides is 2. The van der Waals surface area contributed by atoms with Gasteiger partial charge in [0.15, 0.2) is 5.13 Å². The number of aromatic amines is 1. The van der Waals surface area contributed by atoms with Gasteiger partial charge in [-0.15, -0.1) is 11.3 Å². The zero-order valence-electron chi connectivity index (χ0n) is 16.6. The van der Waals surface area contributed by atoms with Crippen LogP contribution in [0.15, 0.2) is 34.6 Å². The molecule has 11 heteroatoms. The van der Waals surface area contributed by atoms with E-state index in [0.717, 1.165) is 23.5 Å². The highest BCUT2D eigenvalue weighted by molar-refractivity contribution is 7.13. The molecule has 0 aliphatic carbocycles. The van der Waals surface area contributed by atoms with Crippen LogP contribution >= 0.6 is 11.3 Å². The molecule has 3 aromatic rings. The first-order valence-corrected chi connectivity index (χ1v) is 10.3. The van der Waals surface area contributed by atoms with Gasteiger partial charge in [-0.3, -0.25) is 19.7 Å². The van der Waals surface area contributed by atoms with Crippen LogP contribution in [0.4, 0.5) is 18.3 Å². The topological polar surface area (TPSA) is 104 Å². The average Bonchev–Trinajstić information content (AvgIpc) is 3.23. The molecule has 2 heterocycles. The number of hydrogen-bond acceptors (Lipinski definition) is 5. The van der Waals surface area contributed by atoms with Gasteiger partial charge in [-0.1, -0.05) is 19.9 Å². The van der Waals surface area contributed by atoms with E-state index in [9.17, 15) is 27.6 Å². The normalized spacial score (nSPS) is 12.5. The van der Waals surface area contributed by atoms with E-state index >= 15 is 0 Å². The van der Waals surface area contributed by atoms with Crippen LogP contribution in [0.25, 0.3) is 10.9 Å². The molecule has 1 atom stereocenters. The molecule has 0 radical (unpaired) electrons. The number of para-hydroxylation sites is 1. The van der Waals surface area contributed by atoms with E-state index in [0.29, 0.717) is 0 Å². The summed E-state index contributed by atoms with van der Waals surface area (Å²) in [6.07, 6.45) is -2.90. The van der Waals surface area contributed by atoms with E-state index in [-0.39, 0.29) is 40.5 Å². The Morgan fingerprint density at radius 1 is 1.26 bits per heavy atom. The quantitative estimate of drug-likeness (QED) is 0.521. The molecule has 31 heavy (non-hydrogen) atoms. The van der Waals surface area contributed by atoms with E-state index in [1.165, 1.54) is 12.3 Å². The highest BCUT2D eigenvalue weighted by atomic mass is 32.1. The fourth-order valence-corrected chi connectivity index (χ4v) is 3.70. The average molecular weight is 452 g/mol. The summed E-state index contributed by atoms with van der Waals surface area (Å²) in [4.78, 5) is 44.7. The van der Waals surface area contributed by atoms with Crippen molar-refractivity contribution < 1.29 is 22.8 Å². The molecule has 7 nitrogen and oxygen atoms in total. The molecular weight excluding hydrogens is 433 g/mol. The lowest BCUT2D eigenvalue weighted by molar-refractivity contribution is -0.136. The van der Waals surface area contributed by atoms with Crippen LogP contribution in [-0.4, -0.2) is 21.8 Å². The minimum Gasteiger partial charge on any atom is -0.355 e. The molecular formula is C20H19F3N4O3S. The number of nitrogens with zero attached hydrogens (tertiary/aromatic N) is 1. The zero-order valence-corrected chi connectivity index (χ0v) is 17.4. The Kier molecular flexibility index (Phi) is 6.44. The molecule has 0 aliphatic rings. The lowest BCUT2D eigenvalue weighted by Crippen LogP contribution is -2.33. The Morgan fingerprint density at radius 3 is 2.58 bits per heavy atom. The smallest absolute Gasteiger partial charge is 0.355 e. The molecule has 3 N–H and O–H groups in total. The van der Waals surface area contributed by atoms with Gasteiger partial charge in [0.25, 0.3) is 5.91 Å². The number of benzene rings is 1. The van der Waals surface area contributed by atoms with Crippen molar-refractivity contribution in [3.8, 4) is 0 Å². The number of anilines is 1. The van der Waals surface area contributed by atoms with E-state index in [1.807, 2.05) is 0 Å². The number of thiazole rings is 1. The van der Waals surface area contributed by atoms with Crippen molar-refractivity contribution in [2.24, 2.45) is 0 Å². The first-order valence-electron chi connectivity index (χ1n) is 9.43. The summed E-state index contributed by atoms with van der Waals surface area (Å²) in [5.74, 6) is -1.20. The molecule has 164 valence electrons. The molecule has 0 saturated heterocycles. The predicted octanol–water partition coefficient (Wildman–Crippen LogP) is 4.23. The number of rotatable bonds is 6. The zero-order chi connectivity index (χ0) is 22.8. The molecule has 1 aromatic carbocycles. The summed E-state index contributed by atoms with van der Waals surface area (Å²) in [5, 5.41) is 6.71. The molecule has 0 bridgehead atoms. The molecule has 0 unspecified atom stereocenters. The predicted molar refractivity (Wildman–Crippen MR) is 111 cm³/mol. The van der Waals surface area contributed by atoms with Gasteiger partial charge in [0, 0.05) is 23.4 Å². The molecule has 0 fully saturated rings. The first kappa shape index (κ1) is 22.5. The summed E-state index contributed by atoms with van der Waals surface area (Å²) in [6.45, 7) is 3.30. The van der Waals surface area contributed by atoms with Crippen LogP contribution in [0.5, 0.6) is 0 Å². The van der Waals surface area contributed by atoms with E-state index in [2.05, 4.69) is 20.6 Å². The van der Waals surface area contributed by atoms with Gasteiger partial charge in [0.1, 0.15) is 5.56 Å². The summed E-state index contributed by atoms with van der Waals surface area (Å²) >= 11 is 1.12. The van der Waals surface area contributed by atoms with E-state index in [1.54, 1.807) is 19.2 Å². The van der Waals surface area contributed by atoms with Gasteiger partial charge < -0.3 is 10.3 Å². The Labute approximate surface area is 178 Å². The van der Waals surface area contributed by atoms with Crippen molar-refractivity contribution in [3.63, 3.8) is 0 Å². The summed E-state index contributed by atoms with van der Waals surface area (Å²) in [6, 6.07) is 2.31. The van der Waals surface area contributed by atoms with Crippen LogP contribution < -0.4 is 16.1 Å². The largest absolute Gasteiger partial charge is 0.418 e. The Bertz CT molecular complexity index is 1170. The highest BCUT2D eigenvalue weighted by Crippen LogP contribution is 2.34. The standard InChI is InChI=1S/C20H19F3N4O3S/c1-3-12(25-13(28)4-2)16-14(18(30)27-19-24-8-9-31-19)17(29)10-6-5-7-11(15(10)26-16)20(21,22)23/h5-9,12H,3-4H2,1-2H3,(H,25,28)(H,26,29)(H,24,27,30)/t12-/m0/s1. The number of H-pyrrole nitrogens is 1. The molecule has 0 spiro atoms. The van der Waals surface area contributed by atoms with Crippen LogP contribution in [-0.2, 0) is 11.0 Å². The van der Waals surface area contributed by atoms with Crippen molar-refractivity contribution >= 4 is 39.2 Å². The van der Waals surface area contributed by atoms with Crippen molar-refractivity contribution in [1.29, 1.82) is 0 Å². The maximum Gasteiger partial charge on any atom is 0.418 e. The van der Waals surface area contributed by atoms with Gasteiger partial charge in [0.05, 0.1) is 22.8 Å². The minimum absolute atomic E-state index is 0.0902. The summed E-state index contributed by atoms with van der Waals surface area (Å²) in [7, 11) is 0. The Balaban J connectivity index is 2.28. The SMILES string of the molecule is CCC(=O)N[C@@H](CC)c1[nH]c2c(C(F)(F)F)cccc2c(=O)c1C(=O)Nc1nccs1. The second-order valence-electron chi connectivity index (χ2n) is 6.64. The van der Waals surface area contributed by atoms with E-state index < -0.39 is 34.6 Å².